The molecular weight excluding hydrogens is 292 g/mol. The van der Waals surface area contributed by atoms with Gasteiger partial charge in [0.05, 0.1) is 13.0 Å². The van der Waals surface area contributed by atoms with Crippen LogP contribution in [-0.2, 0) is 9.47 Å². The number of methoxy groups -OCH3 is 3. The molecule has 0 aliphatic heterocycles. The summed E-state index contributed by atoms with van der Waals surface area (Å²) < 4.78 is 15.9. The van der Waals surface area contributed by atoms with Crippen molar-refractivity contribution in [2.24, 2.45) is 0 Å². The van der Waals surface area contributed by atoms with Crippen molar-refractivity contribution in [3.8, 4) is 5.75 Å². The normalized spacial score (nSPS) is 12.2. The van der Waals surface area contributed by atoms with Crippen LogP contribution in [-0.4, -0.2) is 33.4 Å². The zero-order valence-corrected chi connectivity index (χ0v) is 13.9. The number of hydrogen-bond acceptors (Lipinski definition) is 4. The van der Waals surface area contributed by atoms with E-state index >= 15 is 0 Å². The molecule has 4 heteroatoms. The monoisotopic (exact) mass is 314 g/mol. The third kappa shape index (κ3) is 3.97. The first-order chi connectivity index (χ1) is 11.1. The van der Waals surface area contributed by atoms with Gasteiger partial charge in [0.25, 0.3) is 0 Å². The minimum absolute atomic E-state index is 0.0507. The number of ether oxygens (including phenoxy) is 3. The molecule has 0 aliphatic rings. The van der Waals surface area contributed by atoms with E-state index in [0.29, 0.717) is 11.3 Å². The lowest BCUT2D eigenvalue weighted by Crippen LogP contribution is -2.29. The Morgan fingerprint density at radius 3 is 1.91 bits per heavy atom. The van der Waals surface area contributed by atoms with Gasteiger partial charge in [-0.1, -0.05) is 29.8 Å². The lowest BCUT2D eigenvalue weighted by atomic mass is 9.89. The van der Waals surface area contributed by atoms with Crippen molar-refractivity contribution >= 4 is 5.78 Å². The molecule has 1 unspecified atom stereocenters. The summed E-state index contributed by atoms with van der Waals surface area (Å²) in [5.74, 6) is 0.132. The van der Waals surface area contributed by atoms with Crippen molar-refractivity contribution in [2.75, 3.05) is 21.3 Å². The van der Waals surface area contributed by atoms with Crippen LogP contribution in [0, 0.1) is 6.92 Å². The minimum Gasteiger partial charge on any atom is -0.497 e. The summed E-state index contributed by atoms with van der Waals surface area (Å²) in [6.45, 7) is 2.01. The molecule has 0 bridgehead atoms. The second-order valence-corrected chi connectivity index (χ2v) is 5.32. The molecule has 0 fully saturated rings. The van der Waals surface area contributed by atoms with Crippen LogP contribution < -0.4 is 4.74 Å². The Kier molecular flexibility index (Phi) is 5.90. The molecule has 0 saturated heterocycles. The molecule has 1 atom stereocenters. The largest absolute Gasteiger partial charge is 0.497 e. The molecule has 0 radical (unpaired) electrons. The van der Waals surface area contributed by atoms with Crippen LogP contribution in [0.25, 0.3) is 0 Å². The molecule has 2 rings (SSSR count). The first kappa shape index (κ1) is 17.2. The Morgan fingerprint density at radius 2 is 1.43 bits per heavy atom. The summed E-state index contributed by atoms with van der Waals surface area (Å²) in [5, 5.41) is 0. The van der Waals surface area contributed by atoms with Crippen LogP contribution in [0.3, 0.4) is 0 Å². The molecule has 0 aromatic heterocycles. The second-order valence-electron chi connectivity index (χ2n) is 5.32. The molecule has 122 valence electrons. The maximum absolute atomic E-state index is 13.0. The number of Topliss-reactive ketones (excluding diaryl/α,β-unsaturated/α-hetero) is 1. The van der Waals surface area contributed by atoms with Crippen LogP contribution in [0.15, 0.2) is 48.5 Å². The molecule has 0 aliphatic carbocycles. The smallest absolute Gasteiger partial charge is 0.175 e. The van der Waals surface area contributed by atoms with Crippen LogP contribution in [0.5, 0.6) is 5.75 Å². The van der Waals surface area contributed by atoms with Crippen LogP contribution >= 0.6 is 0 Å². The van der Waals surface area contributed by atoms with E-state index in [1.54, 1.807) is 31.4 Å². The van der Waals surface area contributed by atoms with Crippen molar-refractivity contribution in [3.63, 3.8) is 0 Å². The predicted octanol–water partition coefficient (Wildman–Crippen LogP) is 3.59. The quantitative estimate of drug-likeness (QED) is 0.579. The molecule has 0 heterocycles. The summed E-state index contributed by atoms with van der Waals surface area (Å²) in [5.41, 5.74) is 2.59. The van der Waals surface area contributed by atoms with E-state index in [9.17, 15) is 4.79 Å². The highest BCUT2D eigenvalue weighted by Crippen LogP contribution is 2.28. The van der Waals surface area contributed by atoms with Gasteiger partial charge in [0.2, 0.25) is 0 Å². The van der Waals surface area contributed by atoms with E-state index < -0.39 is 12.2 Å². The maximum atomic E-state index is 13.0. The predicted molar refractivity (Wildman–Crippen MR) is 89.1 cm³/mol. The Balaban J connectivity index is 2.39. The fraction of sp³-hybridized carbons (Fsp3) is 0.316. The number of hydrogen-bond donors (Lipinski definition) is 0. The van der Waals surface area contributed by atoms with Crippen molar-refractivity contribution in [3.05, 3.63) is 65.2 Å². The van der Waals surface area contributed by atoms with Gasteiger partial charge in [-0.3, -0.25) is 4.79 Å². The first-order valence-corrected chi connectivity index (χ1v) is 7.41. The van der Waals surface area contributed by atoms with Crippen molar-refractivity contribution in [1.82, 2.24) is 0 Å². The molecule has 2 aromatic carbocycles. The molecule has 4 nitrogen and oxygen atoms in total. The van der Waals surface area contributed by atoms with Crippen molar-refractivity contribution < 1.29 is 19.0 Å². The molecule has 2 aromatic rings. The summed E-state index contributed by atoms with van der Waals surface area (Å²) in [4.78, 5) is 13.0. The molecule has 23 heavy (non-hydrogen) atoms. The minimum atomic E-state index is -0.646. The first-order valence-electron chi connectivity index (χ1n) is 7.41. The highest BCUT2D eigenvalue weighted by Gasteiger charge is 2.31. The zero-order chi connectivity index (χ0) is 16.8. The van der Waals surface area contributed by atoms with Gasteiger partial charge in [0.15, 0.2) is 12.1 Å². The van der Waals surface area contributed by atoms with E-state index in [2.05, 4.69) is 0 Å². The summed E-state index contributed by atoms with van der Waals surface area (Å²) in [6.07, 6.45) is -0.646. The Morgan fingerprint density at radius 1 is 0.870 bits per heavy atom. The molecule has 0 N–H and O–H groups in total. The zero-order valence-electron chi connectivity index (χ0n) is 13.9. The number of rotatable bonds is 7. The molecule has 0 saturated carbocycles. The highest BCUT2D eigenvalue weighted by atomic mass is 16.7. The third-order valence-electron chi connectivity index (χ3n) is 3.83. The van der Waals surface area contributed by atoms with E-state index in [1.807, 2.05) is 31.2 Å². The van der Waals surface area contributed by atoms with Gasteiger partial charge in [-0.05, 0) is 36.8 Å². The number of benzene rings is 2. The van der Waals surface area contributed by atoms with Crippen molar-refractivity contribution in [2.45, 2.75) is 19.1 Å². The van der Waals surface area contributed by atoms with Gasteiger partial charge >= 0.3 is 0 Å². The average molecular weight is 314 g/mol. The van der Waals surface area contributed by atoms with Gasteiger partial charge in [-0.2, -0.15) is 0 Å². The maximum Gasteiger partial charge on any atom is 0.175 e. The highest BCUT2D eigenvalue weighted by molar-refractivity contribution is 6.01. The van der Waals surface area contributed by atoms with E-state index in [1.165, 1.54) is 14.2 Å². The van der Waals surface area contributed by atoms with E-state index in [4.69, 9.17) is 14.2 Å². The van der Waals surface area contributed by atoms with Gasteiger partial charge in [0.1, 0.15) is 5.75 Å². The SMILES string of the molecule is COc1ccc(C(=O)C(c2ccc(C)cc2)C(OC)OC)cc1. The van der Waals surface area contributed by atoms with Crippen LogP contribution in [0.1, 0.15) is 27.4 Å². The van der Waals surface area contributed by atoms with Crippen molar-refractivity contribution in [1.29, 1.82) is 0 Å². The Bertz CT molecular complexity index is 627. The Labute approximate surface area is 137 Å². The standard InChI is InChI=1S/C19H22O4/c1-13-5-7-14(8-6-13)17(19(22-3)23-4)18(20)15-9-11-16(21-2)12-10-15/h5-12,17,19H,1-4H3. The fourth-order valence-electron chi connectivity index (χ4n) is 2.51. The van der Waals surface area contributed by atoms with Crippen LogP contribution in [0.2, 0.25) is 0 Å². The second kappa shape index (κ2) is 7.90. The van der Waals surface area contributed by atoms with E-state index in [-0.39, 0.29) is 5.78 Å². The van der Waals surface area contributed by atoms with Gasteiger partial charge < -0.3 is 14.2 Å². The lowest BCUT2D eigenvalue weighted by Gasteiger charge is -2.24. The number of aryl methyl sites for hydroxylation is 1. The fourth-order valence-corrected chi connectivity index (χ4v) is 2.51. The topological polar surface area (TPSA) is 44.8 Å². The number of carbonyl (C=O) groups is 1. The summed E-state index contributed by atoms with van der Waals surface area (Å²) in [7, 11) is 4.67. The summed E-state index contributed by atoms with van der Waals surface area (Å²) in [6, 6.07) is 14.9. The average Bonchev–Trinajstić information content (AvgIpc) is 2.60. The Hall–Kier alpha value is -2.17. The van der Waals surface area contributed by atoms with E-state index in [0.717, 1.165) is 11.1 Å². The molecule has 0 spiro atoms. The third-order valence-corrected chi connectivity index (χ3v) is 3.83. The van der Waals surface area contributed by atoms with Crippen LogP contribution in [0.4, 0.5) is 0 Å². The number of ketones is 1. The van der Waals surface area contributed by atoms with Gasteiger partial charge in [-0.25, -0.2) is 0 Å². The summed E-state index contributed by atoms with van der Waals surface area (Å²) >= 11 is 0. The van der Waals surface area contributed by atoms with Gasteiger partial charge in [0, 0.05) is 19.8 Å². The number of carbonyl (C=O) groups excluding carboxylic acids is 1. The molecular formula is C19H22O4. The lowest BCUT2D eigenvalue weighted by molar-refractivity contribution is -0.110. The van der Waals surface area contributed by atoms with Gasteiger partial charge in [-0.15, -0.1) is 0 Å². The molecule has 0 amide bonds.